The van der Waals surface area contributed by atoms with Gasteiger partial charge >= 0.3 is 0 Å². The van der Waals surface area contributed by atoms with Crippen molar-refractivity contribution in [1.82, 2.24) is 0 Å². The first-order valence-corrected chi connectivity index (χ1v) is 7.04. The molecule has 1 aromatic carbocycles. The molecule has 0 amide bonds. The van der Waals surface area contributed by atoms with Crippen molar-refractivity contribution >= 4 is 16.6 Å². The average Bonchev–Trinajstić information content (AvgIpc) is 2.27. The van der Waals surface area contributed by atoms with E-state index in [9.17, 15) is 9.00 Å². The lowest BCUT2D eigenvalue weighted by Gasteiger charge is -2.06. The van der Waals surface area contributed by atoms with E-state index in [1.165, 1.54) is 0 Å². The summed E-state index contributed by atoms with van der Waals surface area (Å²) in [5.74, 6) is 1.54. The molecule has 1 rings (SSSR count). The Morgan fingerprint density at radius 1 is 1.41 bits per heavy atom. The molecule has 0 saturated heterocycles. The zero-order chi connectivity index (χ0) is 12.8. The van der Waals surface area contributed by atoms with Crippen LogP contribution in [-0.4, -0.2) is 28.6 Å². The van der Waals surface area contributed by atoms with Gasteiger partial charge < -0.3 is 4.74 Å². The number of carbonyl (C=O) groups excluding carboxylic acids is 1. The van der Waals surface area contributed by atoms with Gasteiger partial charge in [-0.1, -0.05) is 26.0 Å². The molecule has 0 aliphatic heterocycles. The molecule has 0 saturated carbocycles. The average molecular weight is 254 g/mol. The van der Waals surface area contributed by atoms with Crippen LogP contribution in [0.5, 0.6) is 5.75 Å². The van der Waals surface area contributed by atoms with E-state index in [4.69, 9.17) is 4.74 Å². The topological polar surface area (TPSA) is 43.4 Å². The van der Waals surface area contributed by atoms with E-state index in [1.807, 2.05) is 13.8 Å². The number of methoxy groups -OCH3 is 1. The summed E-state index contributed by atoms with van der Waals surface area (Å²) < 4.78 is 16.7. The van der Waals surface area contributed by atoms with Crippen molar-refractivity contribution in [1.29, 1.82) is 0 Å². The molecule has 0 aliphatic carbocycles. The summed E-state index contributed by atoms with van der Waals surface area (Å²) in [6.45, 7) is 3.99. The SMILES string of the molecule is COc1cccc(C(=O)CS(=O)CC(C)C)c1. The summed E-state index contributed by atoms with van der Waals surface area (Å²) in [5, 5.41) is 0. The summed E-state index contributed by atoms with van der Waals surface area (Å²) in [6.07, 6.45) is 0. The summed E-state index contributed by atoms with van der Waals surface area (Å²) in [7, 11) is 0.476. The van der Waals surface area contributed by atoms with Crippen LogP contribution in [0.2, 0.25) is 0 Å². The van der Waals surface area contributed by atoms with Crippen LogP contribution in [0.4, 0.5) is 0 Å². The highest BCUT2D eigenvalue weighted by Gasteiger charge is 2.12. The molecule has 0 heterocycles. The molecule has 0 bridgehead atoms. The Hall–Kier alpha value is -1.16. The van der Waals surface area contributed by atoms with Crippen LogP contribution in [0.25, 0.3) is 0 Å². The van der Waals surface area contributed by atoms with Gasteiger partial charge in [0.25, 0.3) is 0 Å². The van der Waals surface area contributed by atoms with Gasteiger partial charge in [-0.25, -0.2) is 0 Å². The highest BCUT2D eigenvalue weighted by Crippen LogP contribution is 2.13. The summed E-state index contributed by atoms with van der Waals surface area (Å²) in [6, 6.07) is 6.94. The number of hydrogen-bond donors (Lipinski definition) is 0. The molecular formula is C13H18O3S. The van der Waals surface area contributed by atoms with E-state index in [-0.39, 0.29) is 11.5 Å². The Balaban J connectivity index is 2.66. The van der Waals surface area contributed by atoms with Gasteiger partial charge in [0.1, 0.15) is 5.75 Å². The molecule has 94 valence electrons. The van der Waals surface area contributed by atoms with Crippen LogP contribution in [0.15, 0.2) is 24.3 Å². The van der Waals surface area contributed by atoms with Crippen molar-refractivity contribution < 1.29 is 13.7 Å². The van der Waals surface area contributed by atoms with Gasteiger partial charge in [0, 0.05) is 22.1 Å². The highest BCUT2D eigenvalue weighted by atomic mass is 32.2. The molecule has 17 heavy (non-hydrogen) atoms. The highest BCUT2D eigenvalue weighted by molar-refractivity contribution is 7.85. The summed E-state index contributed by atoms with van der Waals surface area (Å²) in [4.78, 5) is 11.9. The van der Waals surface area contributed by atoms with Gasteiger partial charge in [0.15, 0.2) is 5.78 Å². The Labute approximate surface area is 105 Å². The predicted molar refractivity (Wildman–Crippen MR) is 70.0 cm³/mol. The maximum Gasteiger partial charge on any atom is 0.175 e. The van der Waals surface area contributed by atoms with Crippen LogP contribution in [0.1, 0.15) is 24.2 Å². The van der Waals surface area contributed by atoms with Crippen molar-refractivity contribution in [2.24, 2.45) is 5.92 Å². The molecule has 0 aromatic heterocycles. The fraction of sp³-hybridized carbons (Fsp3) is 0.462. The van der Waals surface area contributed by atoms with E-state index in [2.05, 4.69) is 0 Å². The smallest absolute Gasteiger partial charge is 0.175 e. The third-order valence-corrected chi connectivity index (χ3v) is 3.83. The second-order valence-electron chi connectivity index (χ2n) is 4.30. The molecule has 0 aliphatic rings. The molecular weight excluding hydrogens is 236 g/mol. The van der Waals surface area contributed by atoms with Crippen molar-refractivity contribution in [2.45, 2.75) is 13.8 Å². The number of hydrogen-bond acceptors (Lipinski definition) is 3. The first kappa shape index (κ1) is 13.9. The van der Waals surface area contributed by atoms with Gasteiger partial charge in [-0.3, -0.25) is 9.00 Å². The second-order valence-corrected chi connectivity index (χ2v) is 5.80. The maximum absolute atomic E-state index is 11.9. The van der Waals surface area contributed by atoms with E-state index in [0.717, 1.165) is 0 Å². The van der Waals surface area contributed by atoms with Crippen molar-refractivity contribution in [2.75, 3.05) is 18.6 Å². The predicted octanol–water partition coefficient (Wildman–Crippen LogP) is 2.28. The standard InChI is InChI=1S/C13H18O3S/c1-10(2)8-17(15)9-13(14)11-5-4-6-12(7-11)16-3/h4-7,10H,8-9H2,1-3H3. The monoisotopic (exact) mass is 254 g/mol. The van der Waals surface area contributed by atoms with Crippen LogP contribution in [0.3, 0.4) is 0 Å². The lowest BCUT2D eigenvalue weighted by molar-refractivity contribution is 0.102. The molecule has 0 radical (unpaired) electrons. The minimum absolute atomic E-state index is 0.0886. The molecule has 3 nitrogen and oxygen atoms in total. The van der Waals surface area contributed by atoms with Crippen LogP contribution < -0.4 is 4.74 Å². The van der Waals surface area contributed by atoms with E-state index in [1.54, 1.807) is 31.4 Å². The fourth-order valence-electron chi connectivity index (χ4n) is 1.46. The lowest BCUT2D eigenvalue weighted by Crippen LogP contribution is -2.15. The quantitative estimate of drug-likeness (QED) is 0.731. The maximum atomic E-state index is 11.9. The van der Waals surface area contributed by atoms with Crippen LogP contribution in [0, 0.1) is 5.92 Å². The lowest BCUT2D eigenvalue weighted by atomic mass is 10.1. The van der Waals surface area contributed by atoms with E-state index < -0.39 is 10.8 Å². The van der Waals surface area contributed by atoms with Gasteiger partial charge in [0.2, 0.25) is 0 Å². The second kappa shape index (κ2) is 6.55. The van der Waals surface area contributed by atoms with E-state index >= 15 is 0 Å². The molecule has 0 N–H and O–H groups in total. The molecule has 1 unspecified atom stereocenters. The van der Waals surface area contributed by atoms with Crippen molar-refractivity contribution in [3.63, 3.8) is 0 Å². The van der Waals surface area contributed by atoms with Gasteiger partial charge in [0.05, 0.1) is 12.9 Å². The Kier molecular flexibility index (Phi) is 5.35. The Bertz CT molecular complexity index is 413. The summed E-state index contributed by atoms with van der Waals surface area (Å²) in [5.41, 5.74) is 0.557. The number of benzene rings is 1. The molecule has 0 fully saturated rings. The van der Waals surface area contributed by atoms with Gasteiger partial charge in [-0.2, -0.15) is 0 Å². The van der Waals surface area contributed by atoms with Crippen molar-refractivity contribution in [3.05, 3.63) is 29.8 Å². The molecule has 4 heteroatoms. The van der Waals surface area contributed by atoms with Crippen molar-refractivity contribution in [3.8, 4) is 5.75 Å². The minimum Gasteiger partial charge on any atom is -0.497 e. The Morgan fingerprint density at radius 3 is 2.71 bits per heavy atom. The van der Waals surface area contributed by atoms with Gasteiger partial charge in [-0.15, -0.1) is 0 Å². The van der Waals surface area contributed by atoms with Gasteiger partial charge in [-0.05, 0) is 18.1 Å². The third-order valence-electron chi connectivity index (χ3n) is 2.20. The molecule has 1 atom stereocenters. The first-order chi connectivity index (χ1) is 8.02. The third kappa shape index (κ3) is 4.69. The molecule has 1 aromatic rings. The number of ketones is 1. The largest absolute Gasteiger partial charge is 0.497 e. The number of Topliss-reactive ketones (excluding diaryl/α,β-unsaturated/α-hetero) is 1. The minimum atomic E-state index is -1.08. The van der Waals surface area contributed by atoms with Crippen LogP contribution >= 0.6 is 0 Å². The normalized spacial score (nSPS) is 12.5. The molecule has 0 spiro atoms. The van der Waals surface area contributed by atoms with Crippen LogP contribution in [-0.2, 0) is 10.8 Å². The van der Waals surface area contributed by atoms with E-state index in [0.29, 0.717) is 23.0 Å². The fourth-order valence-corrected chi connectivity index (χ4v) is 2.78. The number of rotatable bonds is 6. The Morgan fingerprint density at radius 2 is 2.12 bits per heavy atom. The number of carbonyl (C=O) groups is 1. The zero-order valence-electron chi connectivity index (χ0n) is 10.4. The zero-order valence-corrected chi connectivity index (χ0v) is 11.3. The summed E-state index contributed by atoms with van der Waals surface area (Å²) >= 11 is 0. The number of ether oxygens (including phenoxy) is 1. The first-order valence-electron chi connectivity index (χ1n) is 5.55.